The molecule has 0 saturated carbocycles. The average molecular weight is 283 g/mol. The summed E-state index contributed by atoms with van der Waals surface area (Å²) in [4.78, 5) is 7.29. The lowest BCUT2D eigenvalue weighted by Crippen LogP contribution is -1.98. The molecule has 0 unspecified atom stereocenters. The van der Waals surface area contributed by atoms with E-state index >= 15 is 0 Å². The topological polar surface area (TPSA) is 35.0 Å². The highest BCUT2D eigenvalue weighted by Crippen LogP contribution is 2.27. The van der Waals surface area contributed by atoms with Gasteiger partial charge in [-0.2, -0.15) is 0 Å². The summed E-state index contributed by atoms with van der Waals surface area (Å²) in [5, 5.41) is -0.0886. The highest BCUT2D eigenvalue weighted by molar-refractivity contribution is 6.28. The lowest BCUT2D eigenvalue weighted by atomic mass is 10.1. The number of benzene rings is 1. The predicted octanol–water partition coefficient (Wildman–Crippen LogP) is 3.64. The zero-order valence-corrected chi connectivity index (χ0v) is 10.5. The second kappa shape index (κ2) is 5.75. The van der Waals surface area contributed by atoms with Crippen molar-refractivity contribution in [3.63, 3.8) is 0 Å². The van der Waals surface area contributed by atoms with E-state index < -0.39 is 11.6 Å². The van der Waals surface area contributed by atoms with Gasteiger partial charge in [0.2, 0.25) is 5.28 Å². The van der Waals surface area contributed by atoms with Gasteiger partial charge in [0, 0.05) is 5.56 Å². The Hall–Kier alpha value is -2.01. The molecule has 0 atom stereocenters. The van der Waals surface area contributed by atoms with Crippen molar-refractivity contribution in [1.29, 1.82) is 0 Å². The molecule has 0 amide bonds. The monoisotopic (exact) mass is 282 g/mol. The molecule has 3 nitrogen and oxygen atoms in total. The van der Waals surface area contributed by atoms with Gasteiger partial charge in [0.15, 0.2) is 17.4 Å². The Morgan fingerprint density at radius 3 is 2.84 bits per heavy atom. The normalized spacial score (nSPS) is 10.3. The summed E-state index contributed by atoms with van der Waals surface area (Å²) in [6.07, 6.45) is 2.44. The summed E-state index contributed by atoms with van der Waals surface area (Å²) in [7, 11) is 0. The third-order valence-electron chi connectivity index (χ3n) is 2.28. The van der Waals surface area contributed by atoms with Crippen LogP contribution in [0, 0.1) is 11.6 Å². The zero-order valence-electron chi connectivity index (χ0n) is 9.74. The minimum absolute atomic E-state index is 0.00784. The Labute approximate surface area is 113 Å². The summed E-state index contributed by atoms with van der Waals surface area (Å²) in [6, 6.07) is 3.90. The van der Waals surface area contributed by atoms with Gasteiger partial charge in [0.25, 0.3) is 0 Å². The number of ether oxygens (including phenoxy) is 1. The van der Waals surface area contributed by atoms with Crippen LogP contribution in [0.25, 0.3) is 11.3 Å². The van der Waals surface area contributed by atoms with Gasteiger partial charge in [0.05, 0.1) is 6.20 Å². The quantitative estimate of drug-likeness (QED) is 0.634. The summed E-state index contributed by atoms with van der Waals surface area (Å²) in [5.74, 6) is -1.21. The van der Waals surface area contributed by atoms with Gasteiger partial charge in [-0.15, -0.1) is 0 Å². The van der Waals surface area contributed by atoms with Crippen molar-refractivity contribution in [2.45, 2.75) is 0 Å². The summed E-state index contributed by atoms with van der Waals surface area (Å²) < 4.78 is 32.2. The van der Waals surface area contributed by atoms with Crippen LogP contribution in [0.1, 0.15) is 0 Å². The Balaban J connectivity index is 2.44. The van der Waals surface area contributed by atoms with Crippen molar-refractivity contribution in [3.8, 4) is 17.0 Å². The van der Waals surface area contributed by atoms with E-state index in [1.807, 2.05) is 0 Å². The van der Waals surface area contributed by atoms with Gasteiger partial charge >= 0.3 is 0 Å². The molecule has 98 valence electrons. The number of rotatable bonds is 4. The van der Waals surface area contributed by atoms with Crippen molar-refractivity contribution in [2.24, 2.45) is 0 Å². The van der Waals surface area contributed by atoms with E-state index in [-0.39, 0.29) is 23.3 Å². The molecule has 0 spiro atoms. The third kappa shape index (κ3) is 3.06. The number of aromatic nitrogens is 2. The van der Waals surface area contributed by atoms with Crippen LogP contribution >= 0.6 is 11.6 Å². The molecule has 2 rings (SSSR count). The Bertz CT molecular complexity index is 620. The van der Waals surface area contributed by atoms with Crippen LogP contribution in [0.5, 0.6) is 5.75 Å². The van der Waals surface area contributed by atoms with Crippen LogP contribution < -0.4 is 4.74 Å². The second-order valence-electron chi connectivity index (χ2n) is 3.58. The van der Waals surface area contributed by atoms with E-state index in [9.17, 15) is 8.78 Å². The van der Waals surface area contributed by atoms with E-state index in [2.05, 4.69) is 16.5 Å². The molecular weight excluding hydrogens is 274 g/mol. The van der Waals surface area contributed by atoms with Crippen molar-refractivity contribution in [1.82, 2.24) is 9.97 Å². The van der Waals surface area contributed by atoms with Crippen molar-refractivity contribution >= 4 is 11.6 Å². The fourth-order valence-corrected chi connectivity index (χ4v) is 1.59. The van der Waals surface area contributed by atoms with Crippen molar-refractivity contribution in [3.05, 3.63) is 54.0 Å². The number of hydrogen-bond donors (Lipinski definition) is 0. The number of hydrogen-bond acceptors (Lipinski definition) is 3. The smallest absolute Gasteiger partial charge is 0.223 e. The highest BCUT2D eigenvalue weighted by Gasteiger charge is 2.12. The fourth-order valence-electron chi connectivity index (χ4n) is 1.46. The Morgan fingerprint density at radius 1 is 1.32 bits per heavy atom. The molecule has 2 aromatic rings. The Morgan fingerprint density at radius 2 is 2.11 bits per heavy atom. The maximum atomic E-state index is 13.6. The lowest BCUT2D eigenvalue weighted by Gasteiger charge is -2.08. The predicted molar refractivity (Wildman–Crippen MR) is 68.1 cm³/mol. The van der Waals surface area contributed by atoms with Crippen LogP contribution in [0.15, 0.2) is 37.1 Å². The van der Waals surface area contributed by atoms with Gasteiger partial charge in [-0.05, 0) is 29.8 Å². The number of halogens is 3. The summed E-state index contributed by atoms with van der Waals surface area (Å²) in [6.45, 7) is 3.61. The van der Waals surface area contributed by atoms with E-state index in [1.54, 1.807) is 0 Å². The van der Waals surface area contributed by atoms with Crippen molar-refractivity contribution < 1.29 is 13.5 Å². The van der Waals surface area contributed by atoms with Gasteiger partial charge in [-0.1, -0.05) is 12.7 Å². The SMILES string of the molecule is C=CCOc1cc(-c2nc(Cl)ncc2F)ccc1F. The van der Waals surface area contributed by atoms with Crippen LogP contribution in [0.3, 0.4) is 0 Å². The minimum atomic E-state index is -0.648. The molecule has 0 aliphatic heterocycles. The number of nitrogens with zero attached hydrogens (tertiary/aromatic N) is 2. The first-order chi connectivity index (χ1) is 9.11. The van der Waals surface area contributed by atoms with E-state index in [0.29, 0.717) is 5.56 Å². The van der Waals surface area contributed by atoms with Crippen LogP contribution in [0.4, 0.5) is 8.78 Å². The molecule has 0 saturated heterocycles. The average Bonchev–Trinajstić information content (AvgIpc) is 2.41. The molecule has 0 aliphatic rings. The minimum Gasteiger partial charge on any atom is -0.486 e. The maximum absolute atomic E-state index is 13.6. The van der Waals surface area contributed by atoms with E-state index in [4.69, 9.17) is 16.3 Å². The second-order valence-corrected chi connectivity index (χ2v) is 3.92. The first-order valence-corrected chi connectivity index (χ1v) is 5.71. The highest BCUT2D eigenvalue weighted by atomic mass is 35.5. The Kier molecular flexibility index (Phi) is 4.06. The molecule has 0 radical (unpaired) electrons. The molecule has 1 aromatic carbocycles. The molecule has 0 bridgehead atoms. The first kappa shape index (κ1) is 13.4. The maximum Gasteiger partial charge on any atom is 0.223 e. The van der Waals surface area contributed by atoms with E-state index in [1.165, 1.54) is 24.3 Å². The summed E-state index contributed by atoms with van der Waals surface area (Å²) in [5.41, 5.74) is 0.339. The molecule has 0 aliphatic carbocycles. The molecule has 0 fully saturated rings. The van der Waals surface area contributed by atoms with E-state index in [0.717, 1.165) is 6.20 Å². The largest absolute Gasteiger partial charge is 0.486 e. The molecular formula is C13H9ClF2N2O. The van der Waals surface area contributed by atoms with Crippen LogP contribution in [-0.2, 0) is 0 Å². The van der Waals surface area contributed by atoms with Crippen molar-refractivity contribution in [2.75, 3.05) is 6.61 Å². The molecule has 6 heteroatoms. The third-order valence-corrected chi connectivity index (χ3v) is 2.46. The first-order valence-electron chi connectivity index (χ1n) is 5.33. The lowest BCUT2D eigenvalue weighted by molar-refractivity contribution is 0.342. The van der Waals surface area contributed by atoms with Gasteiger partial charge in [-0.25, -0.2) is 18.7 Å². The molecule has 0 N–H and O–H groups in total. The van der Waals surface area contributed by atoms with Gasteiger partial charge in [0.1, 0.15) is 12.3 Å². The molecule has 1 aromatic heterocycles. The summed E-state index contributed by atoms with van der Waals surface area (Å²) >= 11 is 5.61. The fraction of sp³-hybridized carbons (Fsp3) is 0.0769. The zero-order chi connectivity index (χ0) is 13.8. The van der Waals surface area contributed by atoms with Gasteiger partial charge < -0.3 is 4.74 Å². The van der Waals surface area contributed by atoms with Crippen LogP contribution in [0.2, 0.25) is 5.28 Å². The van der Waals surface area contributed by atoms with Gasteiger partial charge in [-0.3, -0.25) is 0 Å². The standard InChI is InChI=1S/C13H9ClF2N2O/c1-2-5-19-11-6-8(3-4-9(11)15)12-10(16)7-17-13(14)18-12/h2-4,6-7H,1,5H2. The molecule has 1 heterocycles. The van der Waals surface area contributed by atoms with Crippen LogP contribution in [-0.4, -0.2) is 16.6 Å². The molecule has 19 heavy (non-hydrogen) atoms.